The quantitative estimate of drug-likeness (QED) is 0.470. The van der Waals surface area contributed by atoms with Gasteiger partial charge in [-0.1, -0.05) is 18.2 Å². The summed E-state index contributed by atoms with van der Waals surface area (Å²) in [6, 6.07) is 9.90. The van der Waals surface area contributed by atoms with Crippen molar-refractivity contribution in [2.75, 3.05) is 16.9 Å². The molecule has 3 amide bonds. The number of nitrogens with zero attached hydrogens (tertiary/aromatic N) is 2. The van der Waals surface area contributed by atoms with Crippen molar-refractivity contribution in [3.05, 3.63) is 59.9 Å². The molecule has 0 bridgehead atoms. The van der Waals surface area contributed by atoms with Crippen molar-refractivity contribution in [2.45, 2.75) is 25.9 Å². The fourth-order valence-electron chi connectivity index (χ4n) is 2.88. The Labute approximate surface area is 191 Å². The highest BCUT2D eigenvalue weighted by molar-refractivity contribution is 6.38. The number of rotatable bonds is 7. The molecule has 0 saturated heterocycles. The monoisotopic (exact) mass is 476 g/mol. The molecule has 3 rings (SSSR count). The molecular weight excluding hydrogens is 457 g/mol. The zero-order valence-corrected chi connectivity index (χ0v) is 17.8. The number of carbonyl (C=O) groups excluding carboxylic acids is 4. The molecule has 1 heterocycles. The average molecular weight is 476 g/mol. The van der Waals surface area contributed by atoms with E-state index in [-0.39, 0.29) is 24.5 Å². The summed E-state index contributed by atoms with van der Waals surface area (Å²) in [6.07, 6.45) is -1.28. The minimum atomic E-state index is -1.75. The van der Waals surface area contributed by atoms with Crippen LogP contribution in [0.15, 0.2) is 47.6 Å². The number of ether oxygens (including phenoxy) is 1. The van der Waals surface area contributed by atoms with Gasteiger partial charge in [0, 0.05) is 12.8 Å². The number of hydrogen-bond acceptors (Lipinski definition) is 6. The van der Waals surface area contributed by atoms with E-state index in [4.69, 9.17) is 4.74 Å². The normalized spacial score (nSPS) is 14.2. The Kier molecular flexibility index (Phi) is 7.61. The first kappa shape index (κ1) is 24.4. The second-order valence-corrected chi connectivity index (χ2v) is 7.12. The van der Waals surface area contributed by atoms with Crippen molar-refractivity contribution in [3.63, 3.8) is 0 Å². The zero-order chi connectivity index (χ0) is 24.8. The lowest BCUT2D eigenvalue weighted by atomic mass is 10.1. The largest absolute Gasteiger partial charge is 0.448 e. The van der Waals surface area contributed by atoms with Gasteiger partial charge in [0.05, 0.1) is 17.9 Å². The molecule has 1 atom stereocenters. The molecule has 1 aliphatic rings. The number of para-hydroxylation sites is 1. The van der Waals surface area contributed by atoms with E-state index in [2.05, 4.69) is 10.4 Å². The summed E-state index contributed by atoms with van der Waals surface area (Å²) in [5.41, 5.74) is -0.202. The Morgan fingerprint density at radius 3 is 2.47 bits per heavy atom. The van der Waals surface area contributed by atoms with Crippen LogP contribution in [-0.4, -0.2) is 42.1 Å². The van der Waals surface area contributed by atoms with Crippen molar-refractivity contribution < 1.29 is 37.1 Å². The maximum absolute atomic E-state index is 13.6. The van der Waals surface area contributed by atoms with E-state index in [1.165, 1.54) is 6.92 Å². The molecular formula is C22H19F3N4O5. The Balaban J connectivity index is 1.54. The van der Waals surface area contributed by atoms with Gasteiger partial charge in [0.1, 0.15) is 5.71 Å². The number of hydrogen-bond donors (Lipinski definition) is 2. The topological polar surface area (TPSA) is 117 Å². The second-order valence-electron chi connectivity index (χ2n) is 7.12. The van der Waals surface area contributed by atoms with Gasteiger partial charge in [-0.15, -0.1) is 0 Å². The van der Waals surface area contributed by atoms with Gasteiger partial charge >= 0.3 is 5.97 Å². The number of hydrazone groups is 1. The molecule has 9 nitrogen and oxygen atoms in total. The molecule has 0 fully saturated rings. The Bertz CT molecular complexity index is 1160. The highest BCUT2D eigenvalue weighted by Gasteiger charge is 2.28. The summed E-state index contributed by atoms with van der Waals surface area (Å²) in [6.45, 7) is 0.597. The van der Waals surface area contributed by atoms with Crippen LogP contribution in [0.5, 0.6) is 0 Å². The molecule has 178 valence electrons. The first-order valence-electron chi connectivity index (χ1n) is 10.0. The van der Waals surface area contributed by atoms with Gasteiger partial charge in [0.2, 0.25) is 11.8 Å². The summed E-state index contributed by atoms with van der Waals surface area (Å²) in [4.78, 5) is 48.6. The lowest BCUT2D eigenvalue weighted by Gasteiger charge is -2.23. The van der Waals surface area contributed by atoms with Gasteiger partial charge in [-0.25, -0.2) is 23.0 Å². The lowest BCUT2D eigenvalue weighted by Crippen LogP contribution is -2.42. The van der Waals surface area contributed by atoms with E-state index in [9.17, 15) is 32.3 Å². The predicted molar refractivity (Wildman–Crippen MR) is 114 cm³/mol. The maximum atomic E-state index is 13.6. The van der Waals surface area contributed by atoms with Gasteiger partial charge in [-0.2, -0.15) is 5.10 Å². The maximum Gasteiger partial charge on any atom is 0.355 e. The van der Waals surface area contributed by atoms with E-state index in [0.29, 0.717) is 11.8 Å². The van der Waals surface area contributed by atoms with Crippen LogP contribution in [-0.2, 0) is 23.9 Å². The minimum Gasteiger partial charge on any atom is -0.448 e. The summed E-state index contributed by atoms with van der Waals surface area (Å²) < 4.78 is 44.9. The fraction of sp³-hybridized carbons (Fsp3) is 0.227. The van der Waals surface area contributed by atoms with Crippen LogP contribution in [0.4, 0.5) is 24.5 Å². The van der Waals surface area contributed by atoms with Crippen molar-refractivity contribution in [1.82, 2.24) is 5.32 Å². The first-order valence-corrected chi connectivity index (χ1v) is 10.0. The second kappa shape index (κ2) is 10.6. The number of carbonyl (C=O) groups is 4. The number of nitrogens with one attached hydrogen (secondary N) is 2. The molecule has 34 heavy (non-hydrogen) atoms. The minimum absolute atomic E-state index is 0.0180. The van der Waals surface area contributed by atoms with Gasteiger partial charge in [-0.3, -0.25) is 14.4 Å². The highest BCUT2D eigenvalue weighted by atomic mass is 19.2. The van der Waals surface area contributed by atoms with Gasteiger partial charge < -0.3 is 15.4 Å². The summed E-state index contributed by atoms with van der Waals surface area (Å²) in [7, 11) is 0. The van der Waals surface area contributed by atoms with Gasteiger partial charge in [0.15, 0.2) is 23.6 Å². The van der Waals surface area contributed by atoms with E-state index < -0.39 is 53.6 Å². The third-order valence-electron chi connectivity index (χ3n) is 4.65. The molecule has 0 aromatic heterocycles. The van der Waals surface area contributed by atoms with Crippen molar-refractivity contribution in [1.29, 1.82) is 0 Å². The Morgan fingerprint density at radius 1 is 1.06 bits per heavy atom. The molecule has 1 aliphatic heterocycles. The fourth-order valence-corrected chi connectivity index (χ4v) is 2.88. The number of halogens is 3. The highest BCUT2D eigenvalue weighted by Crippen LogP contribution is 2.21. The summed E-state index contributed by atoms with van der Waals surface area (Å²) >= 11 is 0. The molecule has 2 N–H and O–H groups in total. The molecule has 2 aromatic carbocycles. The van der Waals surface area contributed by atoms with Crippen LogP contribution in [0.3, 0.4) is 0 Å². The standard InChI is InChI=1S/C22H19F3N4O5/c1-12(21(32)26-11-17(30)27-15-8-7-14(23)19(24)20(15)25)34-22(33)16-9-10-18(31)29(28-16)13-5-3-2-4-6-13/h2-8,12H,9-11H2,1H3,(H,26,32)(H,27,30). The van der Waals surface area contributed by atoms with E-state index >= 15 is 0 Å². The predicted octanol–water partition coefficient (Wildman–Crippen LogP) is 2.27. The van der Waals surface area contributed by atoms with Crippen LogP contribution in [0.2, 0.25) is 0 Å². The molecule has 0 saturated carbocycles. The molecule has 0 spiro atoms. The summed E-state index contributed by atoms with van der Waals surface area (Å²) in [5.74, 6) is -7.74. The zero-order valence-electron chi connectivity index (χ0n) is 17.8. The Hall–Kier alpha value is -4.22. The number of benzene rings is 2. The lowest BCUT2D eigenvalue weighted by molar-refractivity contribution is -0.148. The number of anilines is 2. The molecule has 12 heteroatoms. The third-order valence-corrected chi connectivity index (χ3v) is 4.65. The number of amides is 3. The molecule has 1 unspecified atom stereocenters. The van der Waals surface area contributed by atoms with Crippen molar-refractivity contribution >= 4 is 40.8 Å². The SMILES string of the molecule is CC(OC(=O)C1=NN(c2ccccc2)C(=O)CC1)C(=O)NCC(=O)Nc1ccc(F)c(F)c1F. The van der Waals surface area contributed by atoms with Gasteiger partial charge in [-0.05, 0) is 31.2 Å². The van der Waals surface area contributed by atoms with Crippen LogP contribution in [0.1, 0.15) is 19.8 Å². The van der Waals surface area contributed by atoms with E-state index in [0.717, 1.165) is 11.1 Å². The van der Waals surface area contributed by atoms with Crippen LogP contribution >= 0.6 is 0 Å². The molecule has 0 aliphatic carbocycles. The average Bonchev–Trinajstić information content (AvgIpc) is 2.83. The number of esters is 1. The van der Waals surface area contributed by atoms with Crippen LogP contribution in [0, 0.1) is 17.5 Å². The first-order chi connectivity index (χ1) is 16.2. The molecule has 0 radical (unpaired) electrons. The van der Waals surface area contributed by atoms with E-state index in [1.807, 2.05) is 5.32 Å². The summed E-state index contributed by atoms with van der Waals surface area (Å²) in [5, 5.41) is 9.27. The molecule has 2 aromatic rings. The van der Waals surface area contributed by atoms with Crippen molar-refractivity contribution in [2.24, 2.45) is 5.10 Å². The van der Waals surface area contributed by atoms with Crippen molar-refractivity contribution in [3.8, 4) is 0 Å². The third kappa shape index (κ3) is 5.77. The Morgan fingerprint density at radius 2 is 1.76 bits per heavy atom. The smallest absolute Gasteiger partial charge is 0.355 e. The van der Waals surface area contributed by atoms with E-state index in [1.54, 1.807) is 30.3 Å². The van der Waals surface area contributed by atoms with Crippen LogP contribution in [0.25, 0.3) is 0 Å². The van der Waals surface area contributed by atoms with Gasteiger partial charge in [0.25, 0.3) is 5.91 Å². The van der Waals surface area contributed by atoms with Crippen LogP contribution < -0.4 is 15.6 Å².